The largest absolute Gasteiger partial charge is 0.316 e. The SMILES string of the molecule is CCC(C)S(=O)(=O)CC(NC)C1CCCC1. The standard InChI is InChI=1S/C12H25NO2S/c1-4-10(2)16(14,15)9-12(13-3)11-7-5-6-8-11/h10-13H,4-9H2,1-3H3. The zero-order valence-corrected chi connectivity index (χ0v) is 11.5. The highest BCUT2D eigenvalue weighted by molar-refractivity contribution is 7.92. The molecule has 0 aliphatic heterocycles. The molecule has 1 aliphatic carbocycles. The highest BCUT2D eigenvalue weighted by atomic mass is 32.2. The predicted molar refractivity (Wildman–Crippen MR) is 68.3 cm³/mol. The van der Waals surface area contributed by atoms with Crippen LogP contribution in [0.4, 0.5) is 0 Å². The van der Waals surface area contributed by atoms with Crippen LogP contribution in [0.5, 0.6) is 0 Å². The Bertz CT molecular complexity index is 294. The smallest absolute Gasteiger partial charge is 0.154 e. The molecule has 1 saturated carbocycles. The van der Waals surface area contributed by atoms with Gasteiger partial charge >= 0.3 is 0 Å². The number of hydrogen-bond donors (Lipinski definition) is 1. The summed E-state index contributed by atoms with van der Waals surface area (Å²) in [4.78, 5) is 0. The van der Waals surface area contributed by atoms with Crippen molar-refractivity contribution in [2.24, 2.45) is 5.92 Å². The third-order valence-corrected chi connectivity index (χ3v) is 6.32. The Morgan fingerprint density at radius 2 is 1.88 bits per heavy atom. The topological polar surface area (TPSA) is 46.2 Å². The van der Waals surface area contributed by atoms with Crippen molar-refractivity contribution in [2.75, 3.05) is 12.8 Å². The van der Waals surface area contributed by atoms with Crippen LogP contribution in [-0.2, 0) is 9.84 Å². The summed E-state index contributed by atoms with van der Waals surface area (Å²) in [6, 6.07) is 0.154. The Labute approximate surface area is 99.9 Å². The molecule has 0 heterocycles. The fraction of sp³-hybridized carbons (Fsp3) is 1.00. The van der Waals surface area contributed by atoms with E-state index < -0.39 is 9.84 Å². The van der Waals surface area contributed by atoms with Crippen LogP contribution < -0.4 is 5.32 Å². The second kappa shape index (κ2) is 6.01. The van der Waals surface area contributed by atoms with Crippen LogP contribution in [0.1, 0.15) is 46.0 Å². The molecule has 2 atom stereocenters. The van der Waals surface area contributed by atoms with Gasteiger partial charge in [-0.05, 0) is 39.2 Å². The average molecular weight is 247 g/mol. The summed E-state index contributed by atoms with van der Waals surface area (Å²) in [7, 11) is -1.04. The minimum Gasteiger partial charge on any atom is -0.316 e. The van der Waals surface area contributed by atoms with Crippen molar-refractivity contribution < 1.29 is 8.42 Å². The molecule has 0 saturated heterocycles. The van der Waals surface area contributed by atoms with Crippen molar-refractivity contribution >= 4 is 9.84 Å². The third-order valence-electron chi connectivity index (χ3n) is 3.94. The van der Waals surface area contributed by atoms with Gasteiger partial charge in [0.05, 0.1) is 11.0 Å². The molecular formula is C12H25NO2S. The maximum Gasteiger partial charge on any atom is 0.154 e. The number of rotatable bonds is 6. The molecule has 1 fully saturated rings. The molecule has 4 heteroatoms. The quantitative estimate of drug-likeness (QED) is 0.780. The maximum atomic E-state index is 12.0. The van der Waals surface area contributed by atoms with Gasteiger partial charge in [-0.1, -0.05) is 19.8 Å². The van der Waals surface area contributed by atoms with Crippen LogP contribution in [0.3, 0.4) is 0 Å². The molecule has 0 spiro atoms. The van der Waals surface area contributed by atoms with E-state index in [0.29, 0.717) is 18.1 Å². The second-order valence-electron chi connectivity index (χ2n) is 4.99. The van der Waals surface area contributed by atoms with Gasteiger partial charge in [0.15, 0.2) is 9.84 Å². The van der Waals surface area contributed by atoms with Gasteiger partial charge in [0.2, 0.25) is 0 Å². The van der Waals surface area contributed by atoms with Gasteiger partial charge in [0.25, 0.3) is 0 Å². The van der Waals surface area contributed by atoms with Crippen molar-refractivity contribution in [1.29, 1.82) is 0 Å². The van der Waals surface area contributed by atoms with Crippen molar-refractivity contribution in [3.8, 4) is 0 Å². The average Bonchev–Trinajstić information content (AvgIpc) is 2.78. The molecule has 1 aliphatic rings. The molecule has 1 N–H and O–H groups in total. The lowest BCUT2D eigenvalue weighted by molar-refractivity contribution is 0.403. The van der Waals surface area contributed by atoms with Crippen LogP contribution in [-0.4, -0.2) is 32.5 Å². The lowest BCUT2D eigenvalue weighted by Crippen LogP contribution is -2.40. The Balaban J connectivity index is 2.62. The first-order valence-corrected chi connectivity index (χ1v) is 8.11. The lowest BCUT2D eigenvalue weighted by Gasteiger charge is -2.24. The molecule has 0 amide bonds. The van der Waals surface area contributed by atoms with E-state index in [1.54, 1.807) is 0 Å². The highest BCUT2D eigenvalue weighted by Gasteiger charge is 2.30. The van der Waals surface area contributed by atoms with E-state index >= 15 is 0 Å². The Morgan fingerprint density at radius 1 is 1.31 bits per heavy atom. The Kier molecular flexibility index (Phi) is 5.25. The van der Waals surface area contributed by atoms with Crippen molar-refractivity contribution in [3.05, 3.63) is 0 Å². The monoisotopic (exact) mass is 247 g/mol. The van der Waals surface area contributed by atoms with Gasteiger partial charge in [-0.25, -0.2) is 8.42 Å². The van der Waals surface area contributed by atoms with Crippen LogP contribution in [0, 0.1) is 5.92 Å². The summed E-state index contributed by atoms with van der Waals surface area (Å²) in [6.45, 7) is 3.75. The zero-order valence-electron chi connectivity index (χ0n) is 10.7. The fourth-order valence-corrected chi connectivity index (χ4v) is 4.26. The summed E-state index contributed by atoms with van der Waals surface area (Å²) in [5.41, 5.74) is 0. The molecule has 0 radical (unpaired) electrons. The first-order valence-electron chi connectivity index (χ1n) is 6.40. The van der Waals surface area contributed by atoms with E-state index in [0.717, 1.165) is 0 Å². The van der Waals surface area contributed by atoms with Crippen LogP contribution in [0.2, 0.25) is 0 Å². The van der Waals surface area contributed by atoms with Gasteiger partial charge in [0, 0.05) is 6.04 Å². The van der Waals surface area contributed by atoms with Crippen LogP contribution >= 0.6 is 0 Å². The molecule has 2 unspecified atom stereocenters. The molecular weight excluding hydrogens is 222 g/mol. The number of hydrogen-bond acceptors (Lipinski definition) is 3. The summed E-state index contributed by atoms with van der Waals surface area (Å²) in [5.74, 6) is 0.868. The summed E-state index contributed by atoms with van der Waals surface area (Å²) >= 11 is 0. The summed E-state index contributed by atoms with van der Waals surface area (Å²) in [5, 5.41) is 3.00. The molecule has 0 aromatic rings. The lowest BCUT2D eigenvalue weighted by atomic mass is 10.0. The fourth-order valence-electron chi connectivity index (χ4n) is 2.48. The van der Waals surface area contributed by atoms with E-state index in [1.165, 1.54) is 25.7 Å². The minimum absolute atomic E-state index is 0.154. The second-order valence-corrected chi connectivity index (χ2v) is 7.45. The minimum atomic E-state index is -2.92. The summed E-state index contributed by atoms with van der Waals surface area (Å²) in [6.07, 6.45) is 5.59. The van der Waals surface area contributed by atoms with Crippen molar-refractivity contribution in [1.82, 2.24) is 5.32 Å². The summed E-state index contributed by atoms with van der Waals surface area (Å²) < 4.78 is 24.1. The van der Waals surface area contributed by atoms with E-state index in [1.807, 2.05) is 20.9 Å². The molecule has 3 nitrogen and oxygen atoms in total. The zero-order chi connectivity index (χ0) is 12.2. The molecule has 0 aromatic heterocycles. The normalized spacial score (nSPS) is 22.2. The van der Waals surface area contributed by atoms with Gasteiger partial charge in [0.1, 0.15) is 0 Å². The molecule has 96 valence electrons. The maximum absolute atomic E-state index is 12.0. The first-order chi connectivity index (χ1) is 7.51. The van der Waals surface area contributed by atoms with Gasteiger partial charge in [-0.3, -0.25) is 0 Å². The van der Waals surface area contributed by atoms with E-state index in [-0.39, 0.29) is 11.3 Å². The molecule has 0 aromatic carbocycles. The molecule has 1 rings (SSSR count). The number of sulfone groups is 1. The van der Waals surface area contributed by atoms with Crippen molar-refractivity contribution in [3.63, 3.8) is 0 Å². The van der Waals surface area contributed by atoms with Gasteiger partial charge in [-0.15, -0.1) is 0 Å². The third kappa shape index (κ3) is 3.45. The number of nitrogens with one attached hydrogen (secondary N) is 1. The van der Waals surface area contributed by atoms with Crippen LogP contribution in [0.15, 0.2) is 0 Å². The van der Waals surface area contributed by atoms with E-state index in [9.17, 15) is 8.42 Å². The van der Waals surface area contributed by atoms with Gasteiger partial charge < -0.3 is 5.32 Å². The first kappa shape index (κ1) is 14.0. The predicted octanol–water partition coefficient (Wildman–Crippen LogP) is 1.98. The Hall–Kier alpha value is -0.0900. The van der Waals surface area contributed by atoms with Crippen molar-refractivity contribution in [2.45, 2.75) is 57.2 Å². The highest BCUT2D eigenvalue weighted by Crippen LogP contribution is 2.28. The molecule has 0 bridgehead atoms. The Morgan fingerprint density at radius 3 is 2.31 bits per heavy atom. The van der Waals surface area contributed by atoms with E-state index in [4.69, 9.17) is 0 Å². The van der Waals surface area contributed by atoms with Crippen LogP contribution in [0.25, 0.3) is 0 Å². The van der Waals surface area contributed by atoms with Gasteiger partial charge in [-0.2, -0.15) is 0 Å². The van der Waals surface area contributed by atoms with E-state index in [2.05, 4.69) is 5.32 Å². The molecule has 16 heavy (non-hydrogen) atoms.